The zero-order chi connectivity index (χ0) is 21.1. The number of benzene rings is 1. The fraction of sp³-hybridized carbons (Fsp3) is 0.353. The van der Waals surface area contributed by atoms with Gasteiger partial charge in [0.2, 0.25) is 0 Å². The summed E-state index contributed by atoms with van der Waals surface area (Å²) < 4.78 is 31.7. The third kappa shape index (κ3) is 3.03. The van der Waals surface area contributed by atoms with Gasteiger partial charge in [0.15, 0.2) is 23.2 Å². The Kier molecular flexibility index (Phi) is 4.29. The molecule has 2 fully saturated rings. The molecule has 5 atom stereocenters. The van der Waals surface area contributed by atoms with Gasteiger partial charge in [0.05, 0.1) is 12.4 Å². The predicted molar refractivity (Wildman–Crippen MR) is 104 cm³/mol. The van der Waals surface area contributed by atoms with Gasteiger partial charge in [0.1, 0.15) is 24.1 Å². The van der Waals surface area contributed by atoms with Gasteiger partial charge >= 0.3 is 0 Å². The SMILES string of the molecule is NS(=O)(=O)NC1[C@H]2O[C@@H](n3cnc4c(NCc5ccccc5)ncnc43)[C@H](O)[C@@]12O. The Morgan fingerprint density at radius 1 is 1.23 bits per heavy atom. The molecule has 1 unspecified atom stereocenters. The second-order valence-electron chi connectivity index (χ2n) is 7.31. The minimum Gasteiger partial charge on any atom is -0.385 e. The number of anilines is 1. The number of hydrogen-bond donors (Lipinski definition) is 5. The molecule has 30 heavy (non-hydrogen) atoms. The fourth-order valence-corrected chi connectivity index (χ4v) is 4.52. The van der Waals surface area contributed by atoms with E-state index >= 15 is 0 Å². The van der Waals surface area contributed by atoms with Crippen LogP contribution in [0.2, 0.25) is 0 Å². The summed E-state index contributed by atoms with van der Waals surface area (Å²) >= 11 is 0. The first-order valence-corrected chi connectivity index (χ1v) is 10.6. The Balaban J connectivity index is 1.38. The third-order valence-corrected chi connectivity index (χ3v) is 5.99. The van der Waals surface area contributed by atoms with E-state index in [9.17, 15) is 18.6 Å². The summed E-state index contributed by atoms with van der Waals surface area (Å²) in [5.41, 5.74) is 0.144. The predicted octanol–water partition coefficient (Wildman–Crippen LogP) is -1.40. The lowest BCUT2D eigenvalue weighted by Gasteiger charge is -2.23. The van der Waals surface area contributed by atoms with Crippen molar-refractivity contribution >= 4 is 27.2 Å². The van der Waals surface area contributed by atoms with Crippen LogP contribution in [-0.2, 0) is 21.5 Å². The first-order chi connectivity index (χ1) is 14.3. The highest BCUT2D eigenvalue weighted by Gasteiger charge is 2.77. The summed E-state index contributed by atoms with van der Waals surface area (Å²) in [6, 6.07) is 8.74. The Bertz CT molecular complexity index is 1200. The molecule has 0 amide bonds. The van der Waals surface area contributed by atoms with Crippen LogP contribution in [0.5, 0.6) is 0 Å². The molecule has 3 aromatic rings. The Morgan fingerprint density at radius 3 is 2.67 bits per heavy atom. The molecule has 2 aromatic heterocycles. The molecule has 1 saturated carbocycles. The van der Waals surface area contributed by atoms with Crippen molar-refractivity contribution in [2.45, 2.75) is 36.6 Å². The van der Waals surface area contributed by atoms with Crippen molar-refractivity contribution in [3.63, 3.8) is 0 Å². The number of nitrogens with zero attached hydrogens (tertiary/aromatic N) is 4. The van der Waals surface area contributed by atoms with Gasteiger partial charge in [-0.1, -0.05) is 30.3 Å². The van der Waals surface area contributed by atoms with Crippen LogP contribution in [0.25, 0.3) is 11.2 Å². The monoisotopic (exact) mass is 433 g/mol. The van der Waals surface area contributed by atoms with Crippen LogP contribution < -0.4 is 15.2 Å². The number of fused-ring (bicyclic) bond motifs is 2. The minimum atomic E-state index is -4.05. The lowest BCUT2D eigenvalue weighted by Crippen LogP contribution is -2.44. The highest BCUT2D eigenvalue weighted by molar-refractivity contribution is 7.87. The summed E-state index contributed by atoms with van der Waals surface area (Å²) in [7, 11) is -4.05. The number of aliphatic hydroxyl groups excluding tert-OH is 1. The number of aliphatic hydroxyl groups is 2. The zero-order valence-electron chi connectivity index (χ0n) is 15.5. The molecule has 1 saturated heterocycles. The van der Waals surface area contributed by atoms with Gasteiger partial charge in [0.25, 0.3) is 10.2 Å². The van der Waals surface area contributed by atoms with Crippen molar-refractivity contribution < 1.29 is 23.4 Å². The van der Waals surface area contributed by atoms with E-state index in [0.29, 0.717) is 23.5 Å². The molecule has 12 nitrogen and oxygen atoms in total. The summed E-state index contributed by atoms with van der Waals surface area (Å²) in [5.74, 6) is 0.507. The van der Waals surface area contributed by atoms with Gasteiger partial charge in [0, 0.05) is 6.54 Å². The molecular formula is C17H19N7O5S. The quantitative estimate of drug-likeness (QED) is 0.313. The summed E-state index contributed by atoms with van der Waals surface area (Å²) in [6.45, 7) is 0.533. The summed E-state index contributed by atoms with van der Waals surface area (Å²) in [5, 5.41) is 29.4. The number of ether oxygens (including phenoxy) is 1. The first-order valence-electron chi connectivity index (χ1n) is 9.10. The van der Waals surface area contributed by atoms with Crippen LogP contribution >= 0.6 is 0 Å². The van der Waals surface area contributed by atoms with Crippen molar-refractivity contribution in [2.75, 3.05) is 5.32 Å². The summed E-state index contributed by atoms with van der Waals surface area (Å²) in [6.07, 6.45) is -0.575. The van der Waals surface area contributed by atoms with Gasteiger partial charge < -0.3 is 20.3 Å². The molecule has 0 bridgehead atoms. The molecule has 2 aliphatic rings. The van der Waals surface area contributed by atoms with Crippen LogP contribution in [0.1, 0.15) is 11.8 Å². The second-order valence-corrected chi connectivity index (χ2v) is 8.63. The smallest absolute Gasteiger partial charge is 0.274 e. The molecule has 5 rings (SSSR count). The largest absolute Gasteiger partial charge is 0.385 e. The van der Waals surface area contributed by atoms with E-state index in [1.165, 1.54) is 17.2 Å². The van der Waals surface area contributed by atoms with E-state index in [1.807, 2.05) is 30.3 Å². The molecule has 1 aliphatic carbocycles. The van der Waals surface area contributed by atoms with Gasteiger partial charge in [-0.15, -0.1) is 0 Å². The molecule has 6 N–H and O–H groups in total. The van der Waals surface area contributed by atoms with E-state index < -0.39 is 40.3 Å². The Morgan fingerprint density at radius 2 is 2.00 bits per heavy atom. The van der Waals surface area contributed by atoms with Crippen molar-refractivity contribution in [1.29, 1.82) is 0 Å². The lowest BCUT2D eigenvalue weighted by atomic mass is 10.1. The molecule has 1 aliphatic heterocycles. The highest BCUT2D eigenvalue weighted by Crippen LogP contribution is 2.54. The first kappa shape index (κ1) is 19.3. The molecular weight excluding hydrogens is 414 g/mol. The van der Waals surface area contributed by atoms with Crippen molar-refractivity contribution in [2.24, 2.45) is 5.14 Å². The van der Waals surface area contributed by atoms with Crippen LogP contribution in [0.3, 0.4) is 0 Å². The molecule has 3 heterocycles. The van der Waals surface area contributed by atoms with Gasteiger partial charge in [-0.25, -0.2) is 20.1 Å². The van der Waals surface area contributed by atoms with E-state index in [4.69, 9.17) is 9.88 Å². The normalized spacial score (nSPS) is 30.4. The van der Waals surface area contributed by atoms with Crippen LogP contribution in [0, 0.1) is 0 Å². The molecule has 0 spiro atoms. The van der Waals surface area contributed by atoms with E-state index in [-0.39, 0.29) is 0 Å². The second kappa shape index (κ2) is 6.66. The van der Waals surface area contributed by atoms with Crippen LogP contribution in [0.15, 0.2) is 43.0 Å². The standard InChI is InChI=1S/C17H19N7O5S/c18-30(27,28)23-11-13-17(11,26)12(25)16(29-13)24-8-22-10-14(20-7-21-15(10)24)19-6-9-4-2-1-3-5-9/h1-5,7-8,11-13,16,23,25-26H,6H2,(H2,18,27,28)(H,19,20,21)/t11?,12-,13+,16+,17-/m0/s1. The average molecular weight is 433 g/mol. The number of nitrogens with two attached hydrogens (primary N) is 1. The van der Waals surface area contributed by atoms with Crippen molar-refractivity contribution in [3.8, 4) is 0 Å². The number of aromatic nitrogens is 4. The van der Waals surface area contributed by atoms with Crippen molar-refractivity contribution in [3.05, 3.63) is 48.5 Å². The number of nitrogens with one attached hydrogen (secondary N) is 2. The Hall–Kier alpha value is -2.68. The minimum absolute atomic E-state index is 0.394. The zero-order valence-corrected chi connectivity index (χ0v) is 16.3. The topological polar surface area (TPSA) is 178 Å². The number of imidazole rings is 1. The average Bonchev–Trinajstić information content (AvgIpc) is 3.01. The van der Waals surface area contributed by atoms with Crippen LogP contribution in [-0.4, -0.2) is 62.0 Å². The van der Waals surface area contributed by atoms with Crippen molar-refractivity contribution in [1.82, 2.24) is 24.2 Å². The lowest BCUT2D eigenvalue weighted by molar-refractivity contribution is -0.0685. The number of rotatable bonds is 6. The summed E-state index contributed by atoms with van der Waals surface area (Å²) in [4.78, 5) is 12.8. The number of hydrogen-bond acceptors (Lipinski definition) is 9. The molecule has 1 aromatic carbocycles. The Labute approximate surface area is 170 Å². The van der Waals surface area contributed by atoms with Crippen LogP contribution in [0.4, 0.5) is 5.82 Å². The van der Waals surface area contributed by atoms with Gasteiger partial charge in [-0.05, 0) is 5.56 Å². The molecule has 13 heteroatoms. The van der Waals surface area contributed by atoms with E-state index in [2.05, 4.69) is 25.0 Å². The molecule has 0 radical (unpaired) electrons. The van der Waals surface area contributed by atoms with Gasteiger partial charge in [-0.3, -0.25) is 4.57 Å². The third-order valence-electron chi connectivity index (χ3n) is 5.40. The fourth-order valence-electron chi connectivity index (χ4n) is 3.85. The van der Waals surface area contributed by atoms with Gasteiger partial charge in [-0.2, -0.15) is 13.1 Å². The highest BCUT2D eigenvalue weighted by atomic mass is 32.2. The van der Waals surface area contributed by atoms with E-state index in [0.717, 1.165) is 5.56 Å². The van der Waals surface area contributed by atoms with E-state index in [1.54, 1.807) is 0 Å². The maximum absolute atomic E-state index is 11.2. The maximum Gasteiger partial charge on any atom is 0.274 e. The maximum atomic E-state index is 11.2. The molecule has 158 valence electrons.